The van der Waals surface area contributed by atoms with Gasteiger partial charge in [-0.25, -0.2) is 8.42 Å². The fourth-order valence-electron chi connectivity index (χ4n) is 1.67. The minimum absolute atomic E-state index is 0.00660. The zero-order valence-corrected chi connectivity index (χ0v) is 10.9. The smallest absolute Gasteiger partial charge is 0.215 e. The van der Waals surface area contributed by atoms with Crippen LogP contribution in [-0.4, -0.2) is 57.4 Å². The topological polar surface area (TPSA) is 58.6 Å². The maximum absolute atomic E-state index is 11.9. The first-order chi connectivity index (χ1) is 7.56. The molecule has 0 aliphatic carbocycles. The highest BCUT2D eigenvalue weighted by molar-refractivity contribution is 7.89. The number of nitrogens with zero attached hydrogens (tertiary/aromatic N) is 1. The van der Waals surface area contributed by atoms with Crippen LogP contribution in [0.4, 0.5) is 0 Å². The normalized spacial score (nSPS) is 23.5. The van der Waals surface area contributed by atoms with Gasteiger partial charge in [0.15, 0.2) is 0 Å². The minimum atomic E-state index is -3.11. The van der Waals surface area contributed by atoms with Crippen LogP contribution < -0.4 is 5.32 Å². The van der Waals surface area contributed by atoms with E-state index in [1.807, 2.05) is 6.92 Å². The van der Waals surface area contributed by atoms with E-state index in [2.05, 4.69) is 12.2 Å². The SMILES string of the molecule is CCCNCCS(=O)(=O)N1CCOC(C)C1. The van der Waals surface area contributed by atoms with Gasteiger partial charge in [0.05, 0.1) is 18.5 Å². The van der Waals surface area contributed by atoms with E-state index < -0.39 is 10.0 Å². The Morgan fingerprint density at radius 1 is 1.44 bits per heavy atom. The molecule has 1 aliphatic rings. The third-order valence-electron chi connectivity index (χ3n) is 2.56. The first-order valence-corrected chi connectivity index (χ1v) is 7.47. The molecule has 1 heterocycles. The number of morpholine rings is 1. The molecule has 1 unspecified atom stereocenters. The van der Waals surface area contributed by atoms with Crippen molar-refractivity contribution >= 4 is 10.0 Å². The summed E-state index contributed by atoms with van der Waals surface area (Å²) in [6, 6.07) is 0. The minimum Gasteiger partial charge on any atom is -0.376 e. The van der Waals surface area contributed by atoms with Crippen molar-refractivity contribution in [3.8, 4) is 0 Å². The second kappa shape index (κ2) is 6.54. The summed E-state index contributed by atoms with van der Waals surface area (Å²) in [7, 11) is -3.11. The summed E-state index contributed by atoms with van der Waals surface area (Å²) in [6.07, 6.45) is 1.03. The van der Waals surface area contributed by atoms with Crippen molar-refractivity contribution in [2.75, 3.05) is 38.5 Å². The van der Waals surface area contributed by atoms with Gasteiger partial charge in [-0.15, -0.1) is 0 Å². The molecule has 1 fully saturated rings. The van der Waals surface area contributed by atoms with Crippen LogP contribution in [0.25, 0.3) is 0 Å². The second-order valence-electron chi connectivity index (χ2n) is 4.11. The van der Waals surface area contributed by atoms with Crippen molar-refractivity contribution in [2.45, 2.75) is 26.4 Å². The third kappa shape index (κ3) is 4.37. The van der Waals surface area contributed by atoms with E-state index in [1.54, 1.807) is 0 Å². The average Bonchev–Trinajstić information content (AvgIpc) is 2.24. The third-order valence-corrected chi connectivity index (χ3v) is 4.40. The highest BCUT2D eigenvalue weighted by Gasteiger charge is 2.26. The summed E-state index contributed by atoms with van der Waals surface area (Å²) >= 11 is 0. The lowest BCUT2D eigenvalue weighted by atomic mass is 10.3. The van der Waals surface area contributed by atoms with Gasteiger partial charge in [0.25, 0.3) is 0 Å². The quantitative estimate of drug-likeness (QED) is 0.676. The standard InChI is InChI=1S/C10H22N2O3S/c1-3-4-11-5-8-16(13,14)12-6-7-15-10(2)9-12/h10-11H,3-9H2,1-2H3. The molecular weight excluding hydrogens is 228 g/mol. The maximum atomic E-state index is 11.9. The van der Waals surface area contributed by atoms with Gasteiger partial charge in [-0.05, 0) is 19.9 Å². The van der Waals surface area contributed by atoms with Crippen LogP contribution >= 0.6 is 0 Å². The fourth-order valence-corrected chi connectivity index (χ4v) is 3.12. The Hall–Kier alpha value is -0.170. The molecule has 0 aromatic carbocycles. The van der Waals surface area contributed by atoms with Crippen LogP contribution in [0.15, 0.2) is 0 Å². The monoisotopic (exact) mass is 250 g/mol. The molecule has 1 aliphatic heterocycles. The lowest BCUT2D eigenvalue weighted by molar-refractivity contribution is 0.0102. The van der Waals surface area contributed by atoms with Crippen molar-refractivity contribution in [3.05, 3.63) is 0 Å². The molecule has 0 aromatic rings. The summed E-state index contributed by atoms with van der Waals surface area (Å²) in [5.74, 6) is 0.180. The molecule has 0 spiro atoms. The van der Waals surface area contributed by atoms with Gasteiger partial charge in [-0.3, -0.25) is 0 Å². The molecule has 0 aromatic heterocycles. The van der Waals surface area contributed by atoms with Crippen LogP contribution in [0.2, 0.25) is 0 Å². The number of hydrogen-bond acceptors (Lipinski definition) is 4. The van der Waals surface area contributed by atoms with Crippen LogP contribution in [0, 0.1) is 0 Å². The van der Waals surface area contributed by atoms with Crippen molar-refractivity contribution in [2.24, 2.45) is 0 Å². The Balaban J connectivity index is 2.37. The van der Waals surface area contributed by atoms with Gasteiger partial charge in [0, 0.05) is 19.6 Å². The van der Waals surface area contributed by atoms with Gasteiger partial charge >= 0.3 is 0 Å². The largest absolute Gasteiger partial charge is 0.376 e. The fraction of sp³-hybridized carbons (Fsp3) is 1.00. The molecule has 1 N–H and O–H groups in total. The Bertz CT molecular complexity index is 292. The summed E-state index contributed by atoms with van der Waals surface area (Å²) in [5.41, 5.74) is 0. The van der Waals surface area contributed by atoms with Crippen molar-refractivity contribution < 1.29 is 13.2 Å². The van der Waals surface area contributed by atoms with Gasteiger partial charge in [-0.1, -0.05) is 6.92 Å². The molecule has 1 rings (SSSR count). The van der Waals surface area contributed by atoms with Crippen LogP contribution in [-0.2, 0) is 14.8 Å². The zero-order chi connectivity index (χ0) is 12.0. The summed E-state index contributed by atoms with van der Waals surface area (Å²) in [5, 5.41) is 3.10. The Morgan fingerprint density at radius 2 is 2.19 bits per heavy atom. The molecule has 0 bridgehead atoms. The summed E-state index contributed by atoms with van der Waals surface area (Å²) in [6.45, 7) is 6.83. The van der Waals surface area contributed by atoms with Gasteiger partial charge in [-0.2, -0.15) is 4.31 Å². The number of rotatable bonds is 6. The van der Waals surface area contributed by atoms with E-state index >= 15 is 0 Å². The van der Waals surface area contributed by atoms with Crippen LogP contribution in [0.5, 0.6) is 0 Å². The average molecular weight is 250 g/mol. The lowest BCUT2D eigenvalue weighted by Crippen LogP contribution is -2.46. The van der Waals surface area contributed by atoms with Crippen LogP contribution in [0.3, 0.4) is 0 Å². The first-order valence-electron chi connectivity index (χ1n) is 5.86. The number of hydrogen-bond donors (Lipinski definition) is 1. The highest BCUT2D eigenvalue weighted by Crippen LogP contribution is 2.09. The molecule has 1 saturated heterocycles. The highest BCUT2D eigenvalue weighted by atomic mass is 32.2. The number of ether oxygens (including phenoxy) is 1. The molecule has 5 nitrogen and oxygen atoms in total. The molecule has 0 radical (unpaired) electrons. The summed E-state index contributed by atoms with van der Waals surface area (Å²) < 4.78 is 30.7. The molecular formula is C10H22N2O3S. The van der Waals surface area contributed by atoms with E-state index in [1.165, 1.54) is 4.31 Å². The van der Waals surface area contributed by atoms with Crippen molar-refractivity contribution in [1.82, 2.24) is 9.62 Å². The van der Waals surface area contributed by atoms with Crippen LogP contribution in [0.1, 0.15) is 20.3 Å². The molecule has 0 saturated carbocycles. The number of nitrogens with one attached hydrogen (secondary N) is 1. The molecule has 1 atom stereocenters. The summed E-state index contributed by atoms with van der Waals surface area (Å²) in [4.78, 5) is 0. The van der Waals surface area contributed by atoms with Gasteiger partial charge in [0.1, 0.15) is 0 Å². The zero-order valence-electron chi connectivity index (χ0n) is 10.1. The maximum Gasteiger partial charge on any atom is 0.215 e. The van der Waals surface area contributed by atoms with Gasteiger partial charge in [0.2, 0.25) is 10.0 Å². The second-order valence-corrected chi connectivity index (χ2v) is 6.19. The van der Waals surface area contributed by atoms with E-state index in [4.69, 9.17) is 4.74 Å². The molecule has 6 heteroatoms. The van der Waals surface area contributed by atoms with E-state index in [0.717, 1.165) is 13.0 Å². The van der Waals surface area contributed by atoms with E-state index in [0.29, 0.717) is 26.2 Å². The number of sulfonamides is 1. The Labute approximate surface area is 98.2 Å². The molecule has 0 amide bonds. The Kier molecular flexibility index (Phi) is 5.68. The van der Waals surface area contributed by atoms with Crippen molar-refractivity contribution in [3.63, 3.8) is 0 Å². The van der Waals surface area contributed by atoms with Crippen molar-refractivity contribution in [1.29, 1.82) is 0 Å². The van der Waals surface area contributed by atoms with E-state index in [9.17, 15) is 8.42 Å². The Morgan fingerprint density at radius 3 is 2.81 bits per heavy atom. The van der Waals surface area contributed by atoms with Gasteiger partial charge < -0.3 is 10.1 Å². The lowest BCUT2D eigenvalue weighted by Gasteiger charge is -2.30. The predicted molar refractivity (Wildman–Crippen MR) is 63.9 cm³/mol. The first kappa shape index (κ1) is 13.9. The molecule has 16 heavy (non-hydrogen) atoms. The van der Waals surface area contributed by atoms with E-state index in [-0.39, 0.29) is 11.9 Å². The predicted octanol–water partition coefficient (Wildman–Crippen LogP) is 0.0365. The molecule has 96 valence electrons.